The van der Waals surface area contributed by atoms with Gasteiger partial charge in [-0.2, -0.15) is 0 Å². The van der Waals surface area contributed by atoms with E-state index in [1.807, 2.05) is 0 Å². The van der Waals surface area contributed by atoms with Crippen molar-refractivity contribution >= 4 is 29.7 Å². The Bertz CT molecular complexity index is 605. The van der Waals surface area contributed by atoms with Gasteiger partial charge in [-0.05, 0) is 25.7 Å². The average Bonchev–Trinajstić information content (AvgIpc) is 3.06. The molecule has 12 nitrogen and oxygen atoms in total. The van der Waals surface area contributed by atoms with E-state index in [1.54, 1.807) is 0 Å². The lowest BCUT2D eigenvalue weighted by Gasteiger charge is -2.27. The summed E-state index contributed by atoms with van der Waals surface area (Å²) < 4.78 is 0. The fourth-order valence-electron chi connectivity index (χ4n) is 2.82. The minimum Gasteiger partial charge on any atom is -0.480 e. The molecule has 27 heavy (non-hydrogen) atoms. The summed E-state index contributed by atoms with van der Waals surface area (Å²) in [5, 5.41) is 11.6. The van der Waals surface area contributed by atoms with Crippen LogP contribution in [0.3, 0.4) is 0 Å². The van der Waals surface area contributed by atoms with Crippen molar-refractivity contribution in [2.75, 3.05) is 13.1 Å². The van der Waals surface area contributed by atoms with Crippen molar-refractivity contribution in [2.45, 2.75) is 50.2 Å². The second kappa shape index (κ2) is 10.3. The molecule has 3 amide bonds. The zero-order valence-electron chi connectivity index (χ0n) is 15.0. The predicted molar refractivity (Wildman–Crippen MR) is 96.0 cm³/mol. The van der Waals surface area contributed by atoms with Crippen molar-refractivity contribution in [2.24, 2.45) is 27.9 Å². The number of hydrogen-bond acceptors (Lipinski definition) is 6. The number of primary amides is 1. The van der Waals surface area contributed by atoms with E-state index < -0.39 is 48.2 Å². The van der Waals surface area contributed by atoms with Crippen molar-refractivity contribution in [3.05, 3.63) is 0 Å². The molecular formula is C15H27N7O5. The van der Waals surface area contributed by atoms with Crippen LogP contribution in [-0.4, -0.2) is 70.9 Å². The quantitative estimate of drug-likeness (QED) is 0.127. The van der Waals surface area contributed by atoms with Gasteiger partial charge in [-0.3, -0.25) is 19.4 Å². The number of nitrogens with two attached hydrogens (primary N) is 4. The number of amides is 3. The van der Waals surface area contributed by atoms with E-state index in [2.05, 4.69) is 10.3 Å². The molecule has 0 aromatic carbocycles. The highest BCUT2D eigenvalue weighted by Gasteiger charge is 2.38. The van der Waals surface area contributed by atoms with E-state index in [9.17, 15) is 24.3 Å². The molecule has 1 rings (SSSR count). The van der Waals surface area contributed by atoms with Crippen LogP contribution in [0.1, 0.15) is 32.1 Å². The third kappa shape index (κ3) is 7.09. The Balaban J connectivity index is 2.71. The first-order valence-corrected chi connectivity index (χ1v) is 8.56. The van der Waals surface area contributed by atoms with Crippen LogP contribution in [0.25, 0.3) is 0 Å². The molecule has 0 aromatic heterocycles. The maximum absolute atomic E-state index is 12.6. The van der Waals surface area contributed by atoms with Gasteiger partial charge in [0.05, 0.1) is 12.5 Å². The summed E-state index contributed by atoms with van der Waals surface area (Å²) in [4.78, 5) is 52.3. The lowest BCUT2D eigenvalue weighted by atomic mass is 10.1. The molecule has 1 heterocycles. The normalized spacial score (nSPS) is 18.4. The number of guanidine groups is 1. The summed E-state index contributed by atoms with van der Waals surface area (Å²) in [6.07, 6.45) is 1.07. The molecule has 152 valence electrons. The van der Waals surface area contributed by atoms with Crippen LogP contribution in [0.2, 0.25) is 0 Å². The Morgan fingerprint density at radius 3 is 2.44 bits per heavy atom. The van der Waals surface area contributed by atoms with Crippen LogP contribution in [0, 0.1) is 0 Å². The monoisotopic (exact) mass is 385 g/mol. The van der Waals surface area contributed by atoms with E-state index in [0.29, 0.717) is 25.8 Å². The van der Waals surface area contributed by atoms with E-state index in [4.69, 9.17) is 22.9 Å². The summed E-state index contributed by atoms with van der Waals surface area (Å²) in [6.45, 7) is 0.520. The van der Waals surface area contributed by atoms with E-state index in [1.165, 1.54) is 0 Å². The van der Waals surface area contributed by atoms with Gasteiger partial charge >= 0.3 is 5.97 Å². The number of rotatable bonds is 10. The summed E-state index contributed by atoms with van der Waals surface area (Å²) in [7, 11) is 0. The molecule has 0 unspecified atom stereocenters. The van der Waals surface area contributed by atoms with Crippen molar-refractivity contribution in [3.8, 4) is 0 Å². The summed E-state index contributed by atoms with van der Waals surface area (Å²) >= 11 is 0. The maximum Gasteiger partial charge on any atom is 0.326 e. The Labute approximate surface area is 156 Å². The molecule has 0 aromatic rings. The highest BCUT2D eigenvalue weighted by atomic mass is 16.4. The summed E-state index contributed by atoms with van der Waals surface area (Å²) in [5.74, 6) is -3.33. The molecule has 1 aliphatic heterocycles. The first kappa shape index (κ1) is 22.2. The number of aliphatic carboxylic acids is 1. The van der Waals surface area contributed by atoms with Crippen LogP contribution in [0.15, 0.2) is 4.99 Å². The predicted octanol–water partition coefficient (Wildman–Crippen LogP) is -3.20. The lowest BCUT2D eigenvalue weighted by Crippen LogP contribution is -2.55. The number of nitrogens with zero attached hydrogens (tertiary/aromatic N) is 2. The Hall–Kier alpha value is -2.89. The van der Waals surface area contributed by atoms with E-state index in [-0.39, 0.29) is 18.9 Å². The minimum absolute atomic E-state index is 0.0706. The number of nitrogens with one attached hydrogen (secondary N) is 1. The summed E-state index contributed by atoms with van der Waals surface area (Å²) in [5.41, 5.74) is 21.3. The molecule has 0 saturated carbocycles. The smallest absolute Gasteiger partial charge is 0.326 e. The first-order valence-electron chi connectivity index (χ1n) is 8.56. The van der Waals surface area contributed by atoms with Gasteiger partial charge in [0.1, 0.15) is 12.1 Å². The van der Waals surface area contributed by atoms with E-state index in [0.717, 1.165) is 4.90 Å². The topological polar surface area (TPSA) is 220 Å². The second-order valence-corrected chi connectivity index (χ2v) is 6.31. The van der Waals surface area contributed by atoms with Crippen molar-refractivity contribution < 1.29 is 24.3 Å². The SMILES string of the molecule is NC(=O)C[C@H](NC(=O)[C@@H](N)CCCN=C(N)N)C(=O)N1CCC[C@@H]1C(=O)O. The number of carboxylic acids is 1. The molecular weight excluding hydrogens is 358 g/mol. The van der Waals surface area contributed by atoms with Crippen molar-refractivity contribution in [3.63, 3.8) is 0 Å². The number of carboxylic acid groups (broad SMARTS) is 1. The molecule has 0 radical (unpaired) electrons. The number of aliphatic imine (C=N–C) groups is 1. The molecule has 0 spiro atoms. The first-order chi connectivity index (χ1) is 12.6. The van der Waals surface area contributed by atoms with Crippen LogP contribution in [0.4, 0.5) is 0 Å². The van der Waals surface area contributed by atoms with Gasteiger partial charge in [-0.1, -0.05) is 0 Å². The van der Waals surface area contributed by atoms with Crippen LogP contribution in [0.5, 0.6) is 0 Å². The molecule has 1 aliphatic rings. The lowest BCUT2D eigenvalue weighted by molar-refractivity contribution is -0.149. The standard InChI is InChI=1S/C15H27N7O5/c16-8(3-1-5-20-15(18)19)12(24)21-9(7-11(17)23)13(25)22-6-2-4-10(22)14(26)27/h8-10H,1-7,16H2,(H2,17,23)(H,21,24)(H,26,27)(H4,18,19,20)/t8-,9-,10+/m0/s1. The average molecular weight is 385 g/mol. The highest BCUT2D eigenvalue weighted by Crippen LogP contribution is 2.19. The van der Waals surface area contributed by atoms with Gasteiger partial charge in [0.2, 0.25) is 17.7 Å². The van der Waals surface area contributed by atoms with Crippen molar-refractivity contribution in [1.29, 1.82) is 0 Å². The van der Waals surface area contributed by atoms with Gasteiger partial charge in [0, 0.05) is 13.1 Å². The third-order valence-corrected chi connectivity index (χ3v) is 4.15. The molecule has 0 aliphatic carbocycles. The Kier molecular flexibility index (Phi) is 8.45. The molecule has 1 fully saturated rings. The van der Waals surface area contributed by atoms with Gasteiger partial charge in [0.15, 0.2) is 5.96 Å². The number of hydrogen-bond donors (Lipinski definition) is 6. The van der Waals surface area contributed by atoms with Crippen LogP contribution in [-0.2, 0) is 19.2 Å². The van der Waals surface area contributed by atoms with Crippen molar-refractivity contribution in [1.82, 2.24) is 10.2 Å². The van der Waals surface area contributed by atoms with Gasteiger partial charge < -0.3 is 38.3 Å². The minimum atomic E-state index is -1.27. The Morgan fingerprint density at radius 1 is 1.22 bits per heavy atom. The zero-order valence-corrected chi connectivity index (χ0v) is 15.0. The molecule has 0 bridgehead atoms. The van der Waals surface area contributed by atoms with Crippen LogP contribution < -0.4 is 28.3 Å². The fourth-order valence-corrected chi connectivity index (χ4v) is 2.82. The molecule has 1 saturated heterocycles. The number of carbonyl (C=O) groups is 4. The second-order valence-electron chi connectivity index (χ2n) is 6.31. The number of carbonyl (C=O) groups excluding carboxylic acids is 3. The number of likely N-dealkylation sites (tertiary alicyclic amines) is 1. The molecule has 12 heteroatoms. The largest absolute Gasteiger partial charge is 0.480 e. The van der Waals surface area contributed by atoms with Gasteiger partial charge in [0.25, 0.3) is 0 Å². The maximum atomic E-state index is 12.6. The molecule has 10 N–H and O–H groups in total. The third-order valence-electron chi connectivity index (χ3n) is 4.15. The van der Waals surface area contributed by atoms with Crippen LogP contribution >= 0.6 is 0 Å². The summed E-state index contributed by atoms with van der Waals surface area (Å²) in [6, 6.07) is -3.20. The zero-order chi connectivity index (χ0) is 20.6. The Morgan fingerprint density at radius 2 is 1.89 bits per heavy atom. The van der Waals surface area contributed by atoms with Gasteiger partial charge in [-0.25, -0.2) is 4.79 Å². The fraction of sp³-hybridized carbons (Fsp3) is 0.667. The molecule has 3 atom stereocenters. The van der Waals surface area contributed by atoms with Gasteiger partial charge in [-0.15, -0.1) is 0 Å². The highest BCUT2D eigenvalue weighted by molar-refractivity contribution is 5.94. The van der Waals surface area contributed by atoms with E-state index >= 15 is 0 Å².